The van der Waals surface area contributed by atoms with Crippen LogP contribution in [-0.2, 0) is 6.54 Å². The van der Waals surface area contributed by atoms with E-state index in [0.717, 1.165) is 49.2 Å². The first-order valence-corrected chi connectivity index (χ1v) is 14.0. The number of pyridine rings is 1. The summed E-state index contributed by atoms with van der Waals surface area (Å²) in [7, 11) is 0. The highest BCUT2D eigenvalue weighted by Gasteiger charge is 2.29. The van der Waals surface area contributed by atoms with Crippen molar-refractivity contribution >= 4 is 17.6 Å². The van der Waals surface area contributed by atoms with E-state index in [0.29, 0.717) is 37.2 Å². The van der Waals surface area contributed by atoms with Gasteiger partial charge in [-0.25, -0.2) is 4.39 Å². The van der Waals surface area contributed by atoms with Crippen LogP contribution in [0.25, 0.3) is 0 Å². The molecule has 3 heterocycles. The van der Waals surface area contributed by atoms with E-state index in [1.807, 2.05) is 31.2 Å². The van der Waals surface area contributed by atoms with E-state index in [4.69, 9.17) is 0 Å². The Hall–Kier alpha value is -3.91. The normalized spacial score (nSPS) is 17.0. The molecule has 8 heteroatoms. The third kappa shape index (κ3) is 6.80. The number of carbonyl (C=O) groups excluding carboxylic acids is 3. The lowest BCUT2D eigenvalue weighted by molar-refractivity contribution is 0.0645. The molecule has 2 aliphatic heterocycles. The summed E-state index contributed by atoms with van der Waals surface area (Å²) < 4.78 is 13.1. The van der Waals surface area contributed by atoms with Crippen LogP contribution in [0, 0.1) is 18.7 Å². The number of halogens is 1. The highest BCUT2D eigenvalue weighted by molar-refractivity contribution is 5.98. The number of aromatic nitrogens is 1. The number of carbonyl (C=O) groups is 3. The second-order valence-electron chi connectivity index (χ2n) is 10.9. The molecule has 5 rings (SSSR count). The van der Waals surface area contributed by atoms with Crippen molar-refractivity contribution in [1.82, 2.24) is 20.1 Å². The largest absolute Gasteiger partial charge is 0.349 e. The zero-order valence-corrected chi connectivity index (χ0v) is 22.8. The molecule has 40 heavy (non-hydrogen) atoms. The minimum atomic E-state index is -0.232. The van der Waals surface area contributed by atoms with Gasteiger partial charge < -0.3 is 10.2 Å². The number of hydrogen-bond donors (Lipinski definition) is 1. The van der Waals surface area contributed by atoms with Crippen LogP contribution in [0.15, 0.2) is 66.9 Å². The van der Waals surface area contributed by atoms with Gasteiger partial charge in [-0.2, -0.15) is 0 Å². The van der Waals surface area contributed by atoms with Crippen molar-refractivity contribution in [2.24, 2.45) is 5.92 Å². The maximum absolute atomic E-state index is 13.1. The number of Topliss-reactive ketones (excluding diaryl/α,β-unsaturated/α-hetero) is 1. The maximum Gasteiger partial charge on any atom is 0.272 e. The number of amides is 2. The lowest BCUT2D eigenvalue weighted by atomic mass is 9.88. The van der Waals surface area contributed by atoms with E-state index in [2.05, 4.69) is 15.2 Å². The van der Waals surface area contributed by atoms with Gasteiger partial charge in [0.15, 0.2) is 5.78 Å². The molecule has 0 bridgehead atoms. The molecular formula is C32H35FN4O3. The van der Waals surface area contributed by atoms with Gasteiger partial charge in [-0.15, -0.1) is 0 Å². The smallest absolute Gasteiger partial charge is 0.272 e. The fourth-order valence-corrected chi connectivity index (χ4v) is 5.47. The van der Waals surface area contributed by atoms with Gasteiger partial charge in [-0.1, -0.05) is 42.0 Å². The summed E-state index contributed by atoms with van der Waals surface area (Å²) in [4.78, 5) is 47.0. The minimum Gasteiger partial charge on any atom is -0.349 e. The first kappa shape index (κ1) is 27.6. The predicted molar refractivity (Wildman–Crippen MR) is 151 cm³/mol. The lowest BCUT2D eigenvalue weighted by Crippen LogP contribution is -2.44. The first-order chi connectivity index (χ1) is 19.4. The fourth-order valence-electron chi connectivity index (χ4n) is 5.47. The van der Waals surface area contributed by atoms with Crippen LogP contribution in [0.3, 0.4) is 0 Å². The summed E-state index contributed by atoms with van der Waals surface area (Å²) in [5.41, 5.74) is 3.64. The second kappa shape index (κ2) is 12.5. The highest BCUT2D eigenvalue weighted by Crippen LogP contribution is 2.23. The van der Waals surface area contributed by atoms with Crippen molar-refractivity contribution in [1.29, 1.82) is 0 Å². The van der Waals surface area contributed by atoms with Crippen LogP contribution in [0.4, 0.5) is 4.39 Å². The van der Waals surface area contributed by atoms with E-state index in [1.54, 1.807) is 29.2 Å². The molecule has 2 saturated heterocycles. The second-order valence-corrected chi connectivity index (χ2v) is 10.9. The molecule has 2 amide bonds. The minimum absolute atomic E-state index is 0.0715. The lowest BCUT2D eigenvalue weighted by Gasteiger charge is -2.32. The van der Waals surface area contributed by atoms with Gasteiger partial charge in [0.05, 0.1) is 5.56 Å². The zero-order chi connectivity index (χ0) is 28.1. The Morgan fingerprint density at radius 2 is 1.50 bits per heavy atom. The van der Waals surface area contributed by atoms with E-state index in [9.17, 15) is 18.8 Å². The van der Waals surface area contributed by atoms with Crippen molar-refractivity contribution in [3.63, 3.8) is 0 Å². The average Bonchev–Trinajstić information content (AvgIpc) is 2.99. The van der Waals surface area contributed by atoms with Gasteiger partial charge >= 0.3 is 0 Å². The summed E-state index contributed by atoms with van der Waals surface area (Å²) in [5.74, 6) is -0.552. The van der Waals surface area contributed by atoms with Crippen molar-refractivity contribution in [3.8, 4) is 0 Å². The number of nitrogens with zero attached hydrogens (tertiary/aromatic N) is 3. The molecule has 7 nitrogen and oxygen atoms in total. The van der Waals surface area contributed by atoms with E-state index < -0.39 is 0 Å². The van der Waals surface area contributed by atoms with Crippen LogP contribution in [0.1, 0.15) is 68.0 Å². The number of hydrogen-bond acceptors (Lipinski definition) is 5. The van der Waals surface area contributed by atoms with Gasteiger partial charge in [0, 0.05) is 56.4 Å². The Morgan fingerprint density at radius 1 is 0.850 bits per heavy atom. The molecule has 0 radical (unpaired) electrons. The maximum atomic E-state index is 13.1. The van der Waals surface area contributed by atoms with Crippen molar-refractivity contribution in [2.75, 3.05) is 26.2 Å². The first-order valence-electron chi connectivity index (χ1n) is 14.0. The molecule has 0 unspecified atom stereocenters. The number of rotatable bonds is 7. The van der Waals surface area contributed by atoms with Crippen LogP contribution in [-0.4, -0.2) is 64.6 Å². The van der Waals surface area contributed by atoms with Crippen LogP contribution in [0.5, 0.6) is 0 Å². The van der Waals surface area contributed by atoms with E-state index in [-0.39, 0.29) is 35.4 Å². The molecule has 1 aromatic heterocycles. The SMILES string of the molecule is Cc1ccc(C(=O)C2CCN(C(=O)c3ccc(C(=O)NC4CCN(Cc5ccc(F)cc5)CC4)cn3)CC2)cc1. The topological polar surface area (TPSA) is 82.6 Å². The molecule has 0 aliphatic carbocycles. The third-order valence-corrected chi connectivity index (χ3v) is 7.98. The quantitative estimate of drug-likeness (QED) is 0.439. The van der Waals surface area contributed by atoms with Crippen molar-refractivity contribution in [2.45, 2.75) is 45.2 Å². The van der Waals surface area contributed by atoms with Gasteiger partial charge in [0.25, 0.3) is 11.8 Å². The summed E-state index contributed by atoms with van der Waals surface area (Å²) in [6.45, 7) is 5.47. The Labute approximate surface area is 234 Å². The predicted octanol–water partition coefficient (Wildman–Crippen LogP) is 4.66. The van der Waals surface area contributed by atoms with E-state index >= 15 is 0 Å². The van der Waals surface area contributed by atoms with Gasteiger partial charge in [0.2, 0.25) is 0 Å². The van der Waals surface area contributed by atoms with Crippen LogP contribution >= 0.6 is 0 Å². The Bertz CT molecular complexity index is 1330. The molecule has 3 aromatic rings. The molecule has 2 aromatic carbocycles. The number of likely N-dealkylation sites (tertiary alicyclic amines) is 2. The van der Waals surface area contributed by atoms with Gasteiger partial charge in [0.1, 0.15) is 11.5 Å². The number of aryl methyl sites for hydroxylation is 1. The zero-order valence-electron chi connectivity index (χ0n) is 22.8. The molecule has 2 fully saturated rings. The summed E-state index contributed by atoms with van der Waals surface area (Å²) >= 11 is 0. The van der Waals surface area contributed by atoms with Crippen LogP contribution in [0.2, 0.25) is 0 Å². The van der Waals surface area contributed by atoms with Gasteiger partial charge in [-0.3, -0.25) is 24.3 Å². The number of piperidine rings is 2. The molecule has 1 N–H and O–H groups in total. The summed E-state index contributed by atoms with van der Waals surface area (Å²) in [5, 5.41) is 3.09. The monoisotopic (exact) mass is 542 g/mol. The fraction of sp³-hybridized carbons (Fsp3) is 0.375. The van der Waals surface area contributed by atoms with Crippen molar-refractivity contribution in [3.05, 3.63) is 101 Å². The average molecular weight is 543 g/mol. The molecule has 0 atom stereocenters. The Morgan fingerprint density at radius 3 is 2.12 bits per heavy atom. The Kier molecular flexibility index (Phi) is 8.65. The van der Waals surface area contributed by atoms with Crippen LogP contribution < -0.4 is 5.32 Å². The number of benzene rings is 2. The molecule has 2 aliphatic rings. The molecule has 0 saturated carbocycles. The Balaban J connectivity index is 1.07. The third-order valence-electron chi connectivity index (χ3n) is 7.98. The van der Waals surface area contributed by atoms with E-state index in [1.165, 1.54) is 18.3 Å². The van der Waals surface area contributed by atoms with Gasteiger partial charge in [-0.05, 0) is 62.4 Å². The summed E-state index contributed by atoms with van der Waals surface area (Å²) in [6.07, 6.45) is 4.38. The molecule has 208 valence electrons. The summed E-state index contributed by atoms with van der Waals surface area (Å²) in [6, 6.07) is 17.5. The highest BCUT2D eigenvalue weighted by atomic mass is 19.1. The standard InChI is InChI=1S/C32H35FN4O3/c1-22-2-6-24(7-3-22)30(38)25-12-18-37(19-13-25)32(40)29-11-8-26(20-34-29)31(39)35-28-14-16-36(17-15-28)21-23-4-9-27(33)10-5-23/h2-11,20,25,28H,12-19,21H2,1H3,(H,35,39). The molecular weight excluding hydrogens is 507 g/mol. The number of ketones is 1. The number of nitrogens with one attached hydrogen (secondary N) is 1. The van der Waals surface area contributed by atoms with Crippen molar-refractivity contribution < 1.29 is 18.8 Å². The molecule has 0 spiro atoms.